The first-order valence-electron chi connectivity index (χ1n) is 9.52. The van der Waals surface area contributed by atoms with Gasteiger partial charge < -0.3 is 19.8 Å². The van der Waals surface area contributed by atoms with Gasteiger partial charge in [0, 0.05) is 30.6 Å². The summed E-state index contributed by atoms with van der Waals surface area (Å²) in [4.78, 5) is 24.2. The Morgan fingerprint density at radius 2 is 2.27 bits per heavy atom. The maximum Gasteiger partial charge on any atom is 0.412 e. The standard InChI is InChI=1S/C20H19FN6O3/c1-10(11-8-29-9-11)24-20(28)30-16-7-23-19-18(16)25-14(6-22-19)17-13-4-3-12(21)5-15(13)27(2)26-17/h3-7,10-11H,8-9H2,1-2H3,(H,22,23)(H,24,28)/t10-/m1/s1. The normalized spacial score (nSPS) is 15.3. The minimum Gasteiger partial charge on any atom is -0.406 e. The summed E-state index contributed by atoms with van der Waals surface area (Å²) >= 11 is 0. The third kappa shape index (κ3) is 3.14. The molecule has 0 saturated carbocycles. The molecule has 30 heavy (non-hydrogen) atoms. The van der Waals surface area contributed by atoms with Crippen molar-refractivity contribution in [3.05, 3.63) is 36.4 Å². The number of hydrogen-bond acceptors (Lipinski definition) is 6. The van der Waals surface area contributed by atoms with Crippen LogP contribution in [-0.4, -0.2) is 50.1 Å². The van der Waals surface area contributed by atoms with Crippen LogP contribution in [-0.2, 0) is 11.8 Å². The first-order chi connectivity index (χ1) is 14.5. The lowest BCUT2D eigenvalue weighted by Crippen LogP contribution is -2.47. The molecule has 1 atom stereocenters. The Hall–Kier alpha value is -3.53. The summed E-state index contributed by atoms with van der Waals surface area (Å²) in [5.74, 6) is 0.211. The van der Waals surface area contributed by atoms with Crippen LogP contribution in [0, 0.1) is 11.7 Å². The van der Waals surface area contributed by atoms with Gasteiger partial charge in [0.05, 0.1) is 24.9 Å². The van der Waals surface area contributed by atoms with Crippen molar-refractivity contribution in [2.45, 2.75) is 13.0 Å². The third-order valence-electron chi connectivity index (χ3n) is 5.32. The molecule has 0 spiro atoms. The Balaban J connectivity index is 1.45. The van der Waals surface area contributed by atoms with Gasteiger partial charge in [0.2, 0.25) is 0 Å². The number of aryl methyl sites for hydroxylation is 1. The van der Waals surface area contributed by atoms with Crippen LogP contribution in [0.25, 0.3) is 33.5 Å². The van der Waals surface area contributed by atoms with Crippen LogP contribution in [0.4, 0.5) is 9.18 Å². The number of nitrogens with one attached hydrogen (secondary N) is 2. The summed E-state index contributed by atoms with van der Waals surface area (Å²) < 4.78 is 25.8. The largest absolute Gasteiger partial charge is 0.412 e. The Kier molecular flexibility index (Phi) is 4.35. The highest BCUT2D eigenvalue weighted by Crippen LogP contribution is 2.30. The number of nitrogens with zero attached hydrogens (tertiary/aromatic N) is 4. The number of fused-ring (bicyclic) bond motifs is 2. The van der Waals surface area contributed by atoms with Gasteiger partial charge in [-0.15, -0.1) is 0 Å². The number of ether oxygens (including phenoxy) is 2. The summed E-state index contributed by atoms with van der Waals surface area (Å²) in [6.45, 7) is 3.17. The van der Waals surface area contributed by atoms with E-state index in [1.54, 1.807) is 24.0 Å². The number of hydrogen-bond donors (Lipinski definition) is 2. The smallest absolute Gasteiger partial charge is 0.406 e. The quantitative estimate of drug-likeness (QED) is 0.536. The summed E-state index contributed by atoms with van der Waals surface area (Å²) in [6, 6.07) is 4.40. The Morgan fingerprint density at radius 1 is 1.43 bits per heavy atom. The number of H-pyrrole nitrogens is 1. The Morgan fingerprint density at radius 3 is 3.03 bits per heavy atom. The van der Waals surface area contributed by atoms with Gasteiger partial charge in [-0.3, -0.25) is 4.68 Å². The predicted molar refractivity (Wildman–Crippen MR) is 106 cm³/mol. The highest BCUT2D eigenvalue weighted by atomic mass is 19.1. The van der Waals surface area contributed by atoms with Crippen molar-refractivity contribution in [2.24, 2.45) is 13.0 Å². The number of carbonyl (C=O) groups is 1. The molecule has 0 bridgehead atoms. The van der Waals surface area contributed by atoms with Crippen LogP contribution in [0.2, 0.25) is 0 Å². The van der Waals surface area contributed by atoms with Crippen LogP contribution in [0.3, 0.4) is 0 Å². The molecule has 0 unspecified atom stereocenters. The van der Waals surface area contributed by atoms with Crippen LogP contribution in [0.1, 0.15) is 6.92 Å². The monoisotopic (exact) mass is 410 g/mol. The number of amides is 1. The van der Waals surface area contributed by atoms with Gasteiger partial charge in [-0.05, 0) is 25.1 Å². The van der Waals surface area contributed by atoms with Crippen molar-refractivity contribution < 1.29 is 18.7 Å². The maximum atomic E-state index is 13.6. The summed E-state index contributed by atoms with van der Waals surface area (Å²) in [5, 5.41) is 8.02. The molecule has 1 saturated heterocycles. The average molecular weight is 410 g/mol. The molecule has 9 nitrogen and oxygen atoms in total. The van der Waals surface area contributed by atoms with Crippen LogP contribution in [0.15, 0.2) is 30.6 Å². The van der Waals surface area contributed by atoms with Crippen LogP contribution in [0.5, 0.6) is 5.75 Å². The molecule has 154 valence electrons. The van der Waals surface area contributed by atoms with Crippen molar-refractivity contribution in [3.8, 4) is 17.1 Å². The van der Waals surface area contributed by atoms with E-state index in [1.165, 1.54) is 18.3 Å². The zero-order chi connectivity index (χ0) is 20.8. The lowest BCUT2D eigenvalue weighted by atomic mass is 10.0. The maximum absolute atomic E-state index is 13.6. The summed E-state index contributed by atoms with van der Waals surface area (Å²) in [6.07, 6.45) is 2.55. The van der Waals surface area contributed by atoms with Crippen LogP contribution < -0.4 is 10.1 Å². The molecular formula is C20H19FN6O3. The Bertz CT molecular complexity index is 1260. The molecule has 4 aromatic rings. The van der Waals surface area contributed by atoms with Crippen LogP contribution >= 0.6 is 0 Å². The fraction of sp³-hybridized carbons (Fsp3) is 0.300. The van der Waals surface area contributed by atoms with Gasteiger partial charge in [0.1, 0.15) is 17.2 Å². The number of benzene rings is 1. The van der Waals surface area contributed by atoms with Gasteiger partial charge in [0.15, 0.2) is 16.9 Å². The van der Waals surface area contributed by atoms with E-state index >= 15 is 0 Å². The van der Waals surface area contributed by atoms with Gasteiger partial charge in [-0.25, -0.2) is 19.2 Å². The van der Waals surface area contributed by atoms with Crippen molar-refractivity contribution >= 4 is 28.2 Å². The molecular weight excluding hydrogens is 391 g/mol. The van der Waals surface area contributed by atoms with Crippen molar-refractivity contribution in [1.29, 1.82) is 0 Å². The van der Waals surface area contributed by atoms with Gasteiger partial charge in [0.25, 0.3) is 0 Å². The lowest BCUT2D eigenvalue weighted by molar-refractivity contribution is -0.0453. The number of halogens is 1. The molecule has 3 aromatic heterocycles. The zero-order valence-corrected chi connectivity index (χ0v) is 16.3. The fourth-order valence-electron chi connectivity index (χ4n) is 3.46. The SMILES string of the molecule is C[C@@H](NC(=O)Oc1c[nH]c2ncc(-c3nn(C)c4cc(F)ccc34)nc12)C1COC1. The van der Waals surface area contributed by atoms with E-state index in [0.29, 0.717) is 41.3 Å². The number of aromatic amines is 1. The molecule has 10 heteroatoms. The van der Waals surface area contributed by atoms with Gasteiger partial charge in [-0.2, -0.15) is 5.10 Å². The number of carbonyl (C=O) groups excluding carboxylic acids is 1. The summed E-state index contributed by atoms with van der Waals surface area (Å²) in [5.41, 5.74) is 2.59. The molecule has 0 aliphatic carbocycles. The number of rotatable bonds is 4. The molecule has 4 heterocycles. The zero-order valence-electron chi connectivity index (χ0n) is 16.3. The molecule has 1 fully saturated rings. The first kappa shape index (κ1) is 18.5. The van der Waals surface area contributed by atoms with Crippen molar-refractivity contribution in [1.82, 2.24) is 30.0 Å². The molecule has 1 aliphatic rings. The highest BCUT2D eigenvalue weighted by molar-refractivity contribution is 5.93. The third-order valence-corrected chi connectivity index (χ3v) is 5.32. The minimum absolute atomic E-state index is 0.0571. The average Bonchev–Trinajstić information content (AvgIpc) is 3.21. The van der Waals surface area contributed by atoms with Crippen molar-refractivity contribution in [2.75, 3.05) is 13.2 Å². The molecule has 1 aromatic carbocycles. The second-order valence-corrected chi connectivity index (χ2v) is 7.36. The van der Waals surface area contributed by atoms with E-state index in [0.717, 1.165) is 5.39 Å². The van der Waals surface area contributed by atoms with Gasteiger partial charge in [-0.1, -0.05) is 0 Å². The van der Waals surface area contributed by atoms with E-state index in [9.17, 15) is 9.18 Å². The fourth-order valence-corrected chi connectivity index (χ4v) is 3.46. The summed E-state index contributed by atoms with van der Waals surface area (Å²) in [7, 11) is 1.74. The highest BCUT2D eigenvalue weighted by Gasteiger charge is 2.27. The van der Waals surface area contributed by atoms with Gasteiger partial charge >= 0.3 is 6.09 Å². The second kappa shape index (κ2) is 7.06. The molecule has 1 aliphatic heterocycles. The molecule has 2 N–H and O–H groups in total. The van der Waals surface area contributed by atoms with E-state index in [1.807, 2.05) is 6.92 Å². The van der Waals surface area contributed by atoms with E-state index < -0.39 is 6.09 Å². The first-order valence-corrected chi connectivity index (χ1v) is 9.52. The van der Waals surface area contributed by atoms with E-state index in [-0.39, 0.29) is 23.5 Å². The topological polar surface area (TPSA) is 107 Å². The second-order valence-electron chi connectivity index (χ2n) is 7.36. The predicted octanol–water partition coefficient (Wildman–Crippen LogP) is 2.77. The van der Waals surface area contributed by atoms with E-state index in [4.69, 9.17) is 9.47 Å². The van der Waals surface area contributed by atoms with Crippen molar-refractivity contribution in [3.63, 3.8) is 0 Å². The van der Waals surface area contributed by atoms with E-state index in [2.05, 4.69) is 25.4 Å². The lowest BCUT2D eigenvalue weighted by Gasteiger charge is -2.31. The minimum atomic E-state index is -0.568. The molecule has 0 radical (unpaired) electrons. The molecule has 5 rings (SSSR count). The Labute approximate surface area is 170 Å². The number of aromatic nitrogens is 5. The molecule has 1 amide bonds.